The summed E-state index contributed by atoms with van der Waals surface area (Å²) in [6, 6.07) is 14.0. The van der Waals surface area contributed by atoms with Crippen molar-refractivity contribution in [2.75, 3.05) is 11.3 Å². The molecule has 0 aliphatic rings. The van der Waals surface area contributed by atoms with Crippen LogP contribution in [0.2, 0.25) is 0 Å². The number of carbonyl (C=O) groups is 1. The zero-order valence-corrected chi connectivity index (χ0v) is 16.3. The molecule has 0 aliphatic heterocycles. The molecule has 0 bridgehead atoms. The largest absolute Gasteiger partial charge is 0.352 e. The molecule has 0 aromatic heterocycles. The van der Waals surface area contributed by atoms with Crippen molar-refractivity contribution < 1.29 is 26.4 Å². The molecule has 3 rings (SSSR count). The van der Waals surface area contributed by atoms with Gasteiger partial charge in [0.15, 0.2) is 11.6 Å². The first-order valence-electron chi connectivity index (χ1n) is 8.86. The van der Waals surface area contributed by atoms with Crippen LogP contribution in [0.1, 0.15) is 15.9 Å². The van der Waals surface area contributed by atoms with E-state index < -0.39 is 32.5 Å². The second-order valence-corrected chi connectivity index (χ2v) is 8.04. The summed E-state index contributed by atoms with van der Waals surface area (Å²) in [6.07, 6.45) is 0.324. The number of benzene rings is 3. The van der Waals surface area contributed by atoms with Gasteiger partial charge in [0.1, 0.15) is 5.82 Å². The van der Waals surface area contributed by atoms with E-state index in [-0.39, 0.29) is 23.6 Å². The monoisotopic (exact) mass is 434 g/mol. The third-order valence-corrected chi connectivity index (χ3v) is 5.62. The van der Waals surface area contributed by atoms with Gasteiger partial charge in [-0.15, -0.1) is 0 Å². The van der Waals surface area contributed by atoms with Crippen molar-refractivity contribution in [3.05, 3.63) is 95.3 Å². The van der Waals surface area contributed by atoms with Gasteiger partial charge < -0.3 is 5.32 Å². The Morgan fingerprint density at radius 1 is 0.833 bits per heavy atom. The molecule has 0 saturated heterocycles. The highest BCUT2D eigenvalue weighted by Gasteiger charge is 2.17. The van der Waals surface area contributed by atoms with E-state index in [1.807, 2.05) is 0 Å². The SMILES string of the molecule is O=C(NCCc1ccccc1F)c1ccc(NS(=O)(=O)c2ccc(F)c(F)c2)cc1. The highest BCUT2D eigenvalue weighted by atomic mass is 32.2. The molecular formula is C21H17F3N2O3S. The van der Waals surface area contributed by atoms with Crippen LogP contribution in [-0.4, -0.2) is 20.9 Å². The summed E-state index contributed by atoms with van der Waals surface area (Å²) in [6.45, 7) is 0.226. The first-order chi connectivity index (χ1) is 14.3. The van der Waals surface area contributed by atoms with Gasteiger partial charge in [0.2, 0.25) is 0 Å². The van der Waals surface area contributed by atoms with Crippen LogP contribution in [0, 0.1) is 17.5 Å². The quantitative estimate of drug-likeness (QED) is 0.593. The van der Waals surface area contributed by atoms with Gasteiger partial charge in [0.05, 0.1) is 4.90 Å². The van der Waals surface area contributed by atoms with E-state index in [2.05, 4.69) is 10.0 Å². The predicted molar refractivity (Wildman–Crippen MR) is 106 cm³/mol. The first-order valence-corrected chi connectivity index (χ1v) is 10.3. The van der Waals surface area contributed by atoms with Crippen LogP contribution < -0.4 is 10.0 Å². The first kappa shape index (κ1) is 21.4. The second kappa shape index (κ2) is 9.00. The highest BCUT2D eigenvalue weighted by Crippen LogP contribution is 2.19. The van der Waals surface area contributed by atoms with Crippen molar-refractivity contribution in [1.29, 1.82) is 0 Å². The maximum atomic E-state index is 13.6. The van der Waals surface area contributed by atoms with Crippen molar-refractivity contribution >= 4 is 21.6 Å². The van der Waals surface area contributed by atoms with E-state index >= 15 is 0 Å². The molecule has 0 radical (unpaired) electrons. The summed E-state index contributed by atoms with van der Waals surface area (Å²) in [4.78, 5) is 11.8. The van der Waals surface area contributed by atoms with Gasteiger partial charge in [-0.2, -0.15) is 0 Å². The number of amides is 1. The van der Waals surface area contributed by atoms with Crippen LogP contribution in [0.5, 0.6) is 0 Å². The van der Waals surface area contributed by atoms with E-state index in [0.29, 0.717) is 18.1 Å². The van der Waals surface area contributed by atoms with E-state index in [9.17, 15) is 26.4 Å². The van der Waals surface area contributed by atoms with Crippen molar-refractivity contribution in [3.63, 3.8) is 0 Å². The van der Waals surface area contributed by atoms with E-state index in [1.54, 1.807) is 18.2 Å². The zero-order chi connectivity index (χ0) is 21.7. The van der Waals surface area contributed by atoms with Crippen LogP contribution in [0.3, 0.4) is 0 Å². The van der Waals surface area contributed by atoms with Crippen molar-refractivity contribution in [3.8, 4) is 0 Å². The van der Waals surface area contributed by atoms with Gasteiger partial charge in [-0.05, 0) is 60.5 Å². The summed E-state index contributed by atoms with van der Waals surface area (Å²) < 4.78 is 66.6. The Morgan fingerprint density at radius 2 is 1.53 bits per heavy atom. The minimum atomic E-state index is -4.13. The highest BCUT2D eigenvalue weighted by molar-refractivity contribution is 7.92. The molecule has 1 amide bonds. The predicted octanol–water partition coefficient (Wildman–Crippen LogP) is 3.88. The smallest absolute Gasteiger partial charge is 0.261 e. The third-order valence-electron chi connectivity index (χ3n) is 4.24. The van der Waals surface area contributed by atoms with E-state index in [1.165, 1.54) is 30.3 Å². The lowest BCUT2D eigenvalue weighted by atomic mass is 10.1. The zero-order valence-electron chi connectivity index (χ0n) is 15.5. The minimum Gasteiger partial charge on any atom is -0.352 e. The molecule has 30 heavy (non-hydrogen) atoms. The molecular weight excluding hydrogens is 417 g/mol. The molecule has 3 aromatic carbocycles. The topological polar surface area (TPSA) is 75.3 Å². The summed E-state index contributed by atoms with van der Waals surface area (Å²) in [7, 11) is -4.13. The molecule has 3 aromatic rings. The molecule has 9 heteroatoms. The number of hydrogen-bond acceptors (Lipinski definition) is 3. The van der Waals surface area contributed by atoms with Crippen molar-refractivity contribution in [2.24, 2.45) is 0 Å². The number of nitrogens with one attached hydrogen (secondary N) is 2. The molecule has 0 aliphatic carbocycles. The molecule has 156 valence electrons. The average molecular weight is 434 g/mol. The second-order valence-electron chi connectivity index (χ2n) is 6.36. The molecule has 0 fully saturated rings. The van der Waals surface area contributed by atoms with Gasteiger partial charge in [0.25, 0.3) is 15.9 Å². The Morgan fingerprint density at radius 3 is 2.20 bits per heavy atom. The van der Waals surface area contributed by atoms with Gasteiger partial charge >= 0.3 is 0 Å². The number of rotatable bonds is 7. The van der Waals surface area contributed by atoms with E-state index in [4.69, 9.17) is 0 Å². The van der Waals surface area contributed by atoms with Crippen LogP contribution in [-0.2, 0) is 16.4 Å². The molecule has 0 atom stereocenters. The fourth-order valence-electron chi connectivity index (χ4n) is 2.66. The maximum Gasteiger partial charge on any atom is 0.261 e. The standard InChI is InChI=1S/C21H17F3N2O3S/c22-18-4-2-1-3-14(18)11-12-25-21(27)15-5-7-16(8-6-15)26-30(28,29)17-9-10-19(23)20(24)13-17/h1-10,13,26H,11-12H2,(H,25,27). The normalized spacial score (nSPS) is 11.2. The Kier molecular flexibility index (Phi) is 6.41. The van der Waals surface area contributed by atoms with Crippen LogP contribution in [0.15, 0.2) is 71.6 Å². The van der Waals surface area contributed by atoms with Crippen LogP contribution >= 0.6 is 0 Å². The molecule has 0 spiro atoms. The lowest BCUT2D eigenvalue weighted by Gasteiger charge is -2.10. The van der Waals surface area contributed by atoms with Gasteiger partial charge in [-0.25, -0.2) is 21.6 Å². The number of anilines is 1. The Hall–Kier alpha value is -3.33. The number of halogens is 3. The molecule has 2 N–H and O–H groups in total. The number of carbonyl (C=O) groups excluding carboxylic acids is 1. The molecule has 5 nitrogen and oxygen atoms in total. The number of sulfonamides is 1. The van der Waals surface area contributed by atoms with Crippen LogP contribution in [0.25, 0.3) is 0 Å². The van der Waals surface area contributed by atoms with Crippen LogP contribution in [0.4, 0.5) is 18.9 Å². The molecule has 0 unspecified atom stereocenters. The van der Waals surface area contributed by atoms with Crippen molar-refractivity contribution in [2.45, 2.75) is 11.3 Å². The van der Waals surface area contributed by atoms with E-state index in [0.717, 1.165) is 12.1 Å². The fraction of sp³-hybridized carbons (Fsp3) is 0.0952. The Labute approximate surface area is 171 Å². The fourth-order valence-corrected chi connectivity index (χ4v) is 3.73. The summed E-state index contributed by atoms with van der Waals surface area (Å²) >= 11 is 0. The summed E-state index contributed by atoms with van der Waals surface area (Å²) in [5.41, 5.74) is 0.904. The lowest BCUT2D eigenvalue weighted by Crippen LogP contribution is -2.25. The van der Waals surface area contributed by atoms with Gasteiger partial charge in [-0.3, -0.25) is 9.52 Å². The minimum absolute atomic E-state index is 0.141. The molecule has 0 heterocycles. The lowest BCUT2D eigenvalue weighted by molar-refractivity contribution is 0.0954. The Bertz CT molecular complexity index is 1170. The Balaban J connectivity index is 1.60. The molecule has 0 saturated carbocycles. The average Bonchev–Trinajstić information content (AvgIpc) is 2.71. The maximum absolute atomic E-state index is 13.6. The van der Waals surface area contributed by atoms with Gasteiger partial charge in [0, 0.05) is 17.8 Å². The number of hydrogen-bond donors (Lipinski definition) is 2. The summed E-state index contributed by atoms with van der Waals surface area (Å²) in [5, 5.41) is 2.66. The van der Waals surface area contributed by atoms with Crippen molar-refractivity contribution in [1.82, 2.24) is 5.32 Å². The van der Waals surface area contributed by atoms with Gasteiger partial charge in [-0.1, -0.05) is 18.2 Å². The summed E-state index contributed by atoms with van der Waals surface area (Å²) in [5.74, 6) is -3.18. The third kappa shape index (κ3) is 5.18.